The molecule has 2 aromatic heterocycles. The largest absolute Gasteiger partial charge is 0.444 e. The lowest BCUT2D eigenvalue weighted by Crippen LogP contribution is -2.24. The molecule has 0 aliphatic heterocycles. The smallest absolute Gasteiger partial charge is 0.254 e. The van der Waals surface area contributed by atoms with E-state index in [9.17, 15) is 9.18 Å². The normalized spacial score (nSPS) is 10.3. The van der Waals surface area contributed by atoms with Crippen LogP contribution < -0.4 is 5.32 Å². The van der Waals surface area contributed by atoms with E-state index in [1.807, 2.05) is 6.92 Å². The van der Waals surface area contributed by atoms with Crippen molar-refractivity contribution in [2.45, 2.75) is 19.9 Å². The van der Waals surface area contributed by atoms with Crippen LogP contribution in [0.15, 0.2) is 29.1 Å². The molecule has 1 amide bonds. The van der Waals surface area contributed by atoms with Crippen LogP contribution in [0.1, 0.15) is 28.9 Å². The number of halogens is 1. The van der Waals surface area contributed by atoms with E-state index in [4.69, 9.17) is 4.42 Å². The number of rotatable bonds is 4. The molecule has 0 saturated heterocycles. The molecule has 0 aromatic carbocycles. The van der Waals surface area contributed by atoms with Crippen molar-refractivity contribution in [1.82, 2.24) is 15.3 Å². The zero-order valence-corrected chi connectivity index (χ0v) is 9.81. The second kappa shape index (κ2) is 5.39. The molecule has 2 aromatic rings. The summed E-state index contributed by atoms with van der Waals surface area (Å²) >= 11 is 0. The van der Waals surface area contributed by atoms with Gasteiger partial charge in [0.2, 0.25) is 5.89 Å². The van der Waals surface area contributed by atoms with Gasteiger partial charge in [-0.15, -0.1) is 0 Å². The molecule has 1 N–H and O–H groups in total. The molecule has 94 valence electrons. The van der Waals surface area contributed by atoms with E-state index in [0.717, 1.165) is 18.4 Å². The van der Waals surface area contributed by atoms with Crippen LogP contribution in [0.3, 0.4) is 0 Å². The molecule has 0 bridgehead atoms. The van der Waals surface area contributed by atoms with Gasteiger partial charge in [0.25, 0.3) is 5.91 Å². The van der Waals surface area contributed by atoms with E-state index in [0.29, 0.717) is 5.89 Å². The Balaban J connectivity index is 1.98. The maximum absolute atomic E-state index is 13.3. The Morgan fingerprint density at radius 2 is 2.33 bits per heavy atom. The fourth-order valence-corrected chi connectivity index (χ4v) is 1.40. The highest BCUT2D eigenvalue weighted by atomic mass is 19.1. The average molecular weight is 249 g/mol. The van der Waals surface area contributed by atoms with E-state index in [1.165, 1.54) is 12.3 Å². The van der Waals surface area contributed by atoms with Gasteiger partial charge in [-0.1, -0.05) is 6.92 Å². The first kappa shape index (κ1) is 12.2. The van der Waals surface area contributed by atoms with Crippen LogP contribution in [0.5, 0.6) is 0 Å². The quantitative estimate of drug-likeness (QED) is 0.895. The van der Waals surface area contributed by atoms with Gasteiger partial charge in [-0.3, -0.25) is 9.78 Å². The SMILES string of the molecule is CCc1cnc(CNC(=O)c2ccncc2F)o1. The summed E-state index contributed by atoms with van der Waals surface area (Å²) in [5.41, 5.74) is -0.0488. The van der Waals surface area contributed by atoms with E-state index in [1.54, 1.807) is 6.20 Å². The van der Waals surface area contributed by atoms with Gasteiger partial charge in [-0.05, 0) is 6.07 Å². The van der Waals surface area contributed by atoms with E-state index >= 15 is 0 Å². The van der Waals surface area contributed by atoms with Crippen LogP contribution in [0.2, 0.25) is 0 Å². The van der Waals surface area contributed by atoms with Crippen LogP contribution in [0, 0.1) is 5.82 Å². The fraction of sp³-hybridized carbons (Fsp3) is 0.250. The minimum absolute atomic E-state index is 0.0488. The Morgan fingerprint density at radius 3 is 3.00 bits per heavy atom. The van der Waals surface area contributed by atoms with Crippen molar-refractivity contribution in [2.24, 2.45) is 0 Å². The number of aromatic nitrogens is 2. The highest BCUT2D eigenvalue weighted by molar-refractivity contribution is 5.94. The summed E-state index contributed by atoms with van der Waals surface area (Å²) in [5, 5.41) is 2.53. The molecule has 6 heteroatoms. The molecule has 0 aliphatic rings. The van der Waals surface area contributed by atoms with Crippen molar-refractivity contribution in [3.05, 3.63) is 47.7 Å². The summed E-state index contributed by atoms with van der Waals surface area (Å²) in [6.07, 6.45) is 4.70. The highest BCUT2D eigenvalue weighted by Crippen LogP contribution is 2.06. The van der Waals surface area contributed by atoms with Gasteiger partial charge in [0, 0.05) is 12.6 Å². The molecule has 0 unspecified atom stereocenters. The summed E-state index contributed by atoms with van der Waals surface area (Å²) in [6, 6.07) is 1.32. The Kier molecular flexibility index (Phi) is 3.66. The summed E-state index contributed by atoms with van der Waals surface area (Å²) in [4.78, 5) is 19.2. The lowest BCUT2D eigenvalue weighted by Gasteiger charge is -2.03. The second-order valence-corrected chi connectivity index (χ2v) is 3.61. The predicted octanol–water partition coefficient (Wildman–Crippen LogP) is 1.70. The van der Waals surface area contributed by atoms with Crippen molar-refractivity contribution in [3.8, 4) is 0 Å². The number of oxazole rings is 1. The van der Waals surface area contributed by atoms with Crippen LogP contribution in [0.25, 0.3) is 0 Å². The van der Waals surface area contributed by atoms with Gasteiger partial charge in [0.1, 0.15) is 5.76 Å². The van der Waals surface area contributed by atoms with Crippen LogP contribution in [-0.4, -0.2) is 15.9 Å². The van der Waals surface area contributed by atoms with E-state index in [2.05, 4.69) is 15.3 Å². The van der Waals surface area contributed by atoms with Crippen molar-refractivity contribution in [1.29, 1.82) is 0 Å². The number of amides is 1. The van der Waals surface area contributed by atoms with Crippen LogP contribution >= 0.6 is 0 Å². The zero-order chi connectivity index (χ0) is 13.0. The number of hydrogen-bond acceptors (Lipinski definition) is 4. The minimum atomic E-state index is -0.656. The average Bonchev–Trinajstić information content (AvgIpc) is 2.84. The number of pyridine rings is 1. The van der Waals surface area contributed by atoms with Gasteiger partial charge in [-0.25, -0.2) is 9.37 Å². The number of carbonyl (C=O) groups excluding carboxylic acids is 1. The molecule has 0 atom stereocenters. The summed E-state index contributed by atoms with van der Waals surface area (Å²) in [5.74, 6) is -0.0354. The third-order valence-electron chi connectivity index (χ3n) is 2.37. The zero-order valence-electron chi connectivity index (χ0n) is 9.81. The van der Waals surface area contributed by atoms with Crippen LogP contribution in [0.4, 0.5) is 4.39 Å². The molecule has 18 heavy (non-hydrogen) atoms. The van der Waals surface area contributed by atoms with Crippen LogP contribution in [-0.2, 0) is 13.0 Å². The molecule has 0 aliphatic carbocycles. The fourth-order valence-electron chi connectivity index (χ4n) is 1.40. The Morgan fingerprint density at radius 1 is 1.50 bits per heavy atom. The number of nitrogens with zero attached hydrogens (tertiary/aromatic N) is 2. The number of hydrogen-bond donors (Lipinski definition) is 1. The summed E-state index contributed by atoms with van der Waals surface area (Å²) in [7, 11) is 0. The number of carbonyl (C=O) groups is 1. The Bertz CT molecular complexity index is 554. The van der Waals surface area contributed by atoms with Gasteiger partial charge < -0.3 is 9.73 Å². The third-order valence-corrected chi connectivity index (χ3v) is 2.37. The second-order valence-electron chi connectivity index (χ2n) is 3.61. The standard InChI is InChI=1S/C12H12FN3O2/c1-2-8-5-15-11(18-8)7-16-12(17)9-3-4-14-6-10(9)13/h3-6H,2,7H2,1H3,(H,16,17). The third kappa shape index (κ3) is 2.71. The van der Waals surface area contributed by atoms with Crippen molar-refractivity contribution < 1.29 is 13.6 Å². The van der Waals surface area contributed by atoms with Gasteiger partial charge in [0.05, 0.1) is 24.5 Å². The topological polar surface area (TPSA) is 68.0 Å². The van der Waals surface area contributed by atoms with Gasteiger partial charge >= 0.3 is 0 Å². The molecular weight excluding hydrogens is 237 g/mol. The maximum atomic E-state index is 13.3. The molecule has 2 rings (SSSR count). The number of nitrogens with one attached hydrogen (secondary N) is 1. The molecule has 0 fully saturated rings. The summed E-state index contributed by atoms with van der Waals surface area (Å²) < 4.78 is 18.6. The maximum Gasteiger partial charge on any atom is 0.254 e. The monoisotopic (exact) mass is 249 g/mol. The molecule has 5 nitrogen and oxygen atoms in total. The molecule has 2 heterocycles. The minimum Gasteiger partial charge on any atom is -0.444 e. The van der Waals surface area contributed by atoms with Crippen molar-refractivity contribution in [2.75, 3.05) is 0 Å². The first-order valence-corrected chi connectivity index (χ1v) is 5.52. The highest BCUT2D eigenvalue weighted by Gasteiger charge is 2.12. The molecular formula is C12H12FN3O2. The molecule has 0 radical (unpaired) electrons. The Labute approximate surface area is 103 Å². The van der Waals surface area contributed by atoms with Crippen molar-refractivity contribution >= 4 is 5.91 Å². The first-order valence-electron chi connectivity index (χ1n) is 5.52. The van der Waals surface area contributed by atoms with E-state index in [-0.39, 0.29) is 12.1 Å². The van der Waals surface area contributed by atoms with Gasteiger partial charge in [0.15, 0.2) is 5.82 Å². The van der Waals surface area contributed by atoms with Crippen molar-refractivity contribution in [3.63, 3.8) is 0 Å². The summed E-state index contributed by atoms with van der Waals surface area (Å²) in [6.45, 7) is 2.07. The van der Waals surface area contributed by atoms with E-state index < -0.39 is 11.7 Å². The van der Waals surface area contributed by atoms with Gasteiger partial charge in [-0.2, -0.15) is 0 Å². The predicted molar refractivity (Wildman–Crippen MR) is 61.2 cm³/mol. The molecule has 0 spiro atoms. The lowest BCUT2D eigenvalue weighted by atomic mass is 10.2. The Hall–Kier alpha value is -2.24. The molecule has 0 saturated carbocycles. The number of aryl methyl sites for hydroxylation is 1. The lowest BCUT2D eigenvalue weighted by molar-refractivity contribution is 0.0943. The first-order chi connectivity index (χ1) is 8.70.